The first kappa shape index (κ1) is 14.2. The van der Waals surface area contributed by atoms with Crippen molar-refractivity contribution in [2.75, 3.05) is 10.1 Å². The molecular weight excluding hydrogens is 290 g/mol. The van der Waals surface area contributed by atoms with Gasteiger partial charge in [0.15, 0.2) is 0 Å². The van der Waals surface area contributed by atoms with Crippen molar-refractivity contribution in [3.05, 3.63) is 18.3 Å². The van der Waals surface area contributed by atoms with Gasteiger partial charge in [-0.3, -0.25) is 4.31 Å². The van der Waals surface area contributed by atoms with Gasteiger partial charge in [0.1, 0.15) is 23.2 Å². The highest BCUT2D eigenvalue weighted by molar-refractivity contribution is 7.92. The summed E-state index contributed by atoms with van der Waals surface area (Å²) in [6.45, 7) is 7.34. The van der Waals surface area contributed by atoms with Gasteiger partial charge in [-0.2, -0.15) is 4.98 Å². The molecule has 2 aromatic heterocycles. The summed E-state index contributed by atoms with van der Waals surface area (Å²) in [5.41, 5.74) is 0.597. The van der Waals surface area contributed by atoms with Crippen LogP contribution in [0.1, 0.15) is 27.7 Å². The smallest absolute Gasteiger partial charge is 0.240 e. The van der Waals surface area contributed by atoms with Crippen LogP contribution in [0.15, 0.2) is 18.3 Å². The molecular formula is C14H19N3O3S. The van der Waals surface area contributed by atoms with E-state index in [1.54, 1.807) is 13.1 Å². The number of anilines is 1. The molecule has 0 spiro atoms. The molecule has 6 nitrogen and oxygen atoms in total. The van der Waals surface area contributed by atoms with E-state index in [1.807, 2.05) is 32.9 Å². The lowest BCUT2D eigenvalue weighted by atomic mass is 10.1. The molecule has 3 heterocycles. The minimum Gasteiger partial charge on any atom is -0.472 e. The number of sulfonamides is 1. The summed E-state index contributed by atoms with van der Waals surface area (Å²) < 4.78 is 32.6. The highest BCUT2D eigenvalue weighted by Gasteiger charge is 2.39. The van der Waals surface area contributed by atoms with E-state index in [0.29, 0.717) is 17.2 Å². The predicted octanol–water partition coefficient (Wildman–Crippen LogP) is 2.28. The third-order valence-electron chi connectivity index (χ3n) is 3.35. The van der Waals surface area contributed by atoms with Crippen LogP contribution in [-0.4, -0.2) is 35.8 Å². The second kappa shape index (κ2) is 4.37. The van der Waals surface area contributed by atoms with Gasteiger partial charge in [-0.1, -0.05) is 0 Å². The molecule has 1 aliphatic heterocycles. The van der Waals surface area contributed by atoms with E-state index in [1.165, 1.54) is 4.31 Å². The normalized spacial score (nSPS) is 21.7. The zero-order valence-electron chi connectivity index (χ0n) is 12.5. The van der Waals surface area contributed by atoms with Gasteiger partial charge < -0.3 is 9.72 Å². The predicted molar refractivity (Wildman–Crippen MR) is 82.2 cm³/mol. The Balaban J connectivity index is 2.32. The molecule has 0 amide bonds. The minimum absolute atomic E-state index is 0.0609. The minimum atomic E-state index is -3.47. The fourth-order valence-electron chi connectivity index (χ4n) is 2.71. The molecule has 1 aliphatic rings. The van der Waals surface area contributed by atoms with Crippen molar-refractivity contribution < 1.29 is 13.2 Å². The van der Waals surface area contributed by atoms with Crippen molar-refractivity contribution in [1.82, 2.24) is 9.97 Å². The van der Waals surface area contributed by atoms with Crippen LogP contribution in [0, 0.1) is 0 Å². The van der Waals surface area contributed by atoms with Crippen LogP contribution < -0.4 is 9.04 Å². The Morgan fingerprint density at radius 1 is 1.43 bits per heavy atom. The van der Waals surface area contributed by atoms with E-state index in [2.05, 4.69) is 9.97 Å². The van der Waals surface area contributed by atoms with E-state index in [9.17, 15) is 8.42 Å². The second-order valence-electron chi connectivity index (χ2n) is 6.37. The number of hydrogen-bond acceptors (Lipinski definition) is 4. The van der Waals surface area contributed by atoms with E-state index in [0.717, 1.165) is 5.39 Å². The molecule has 0 aromatic carbocycles. The van der Waals surface area contributed by atoms with Gasteiger partial charge in [0, 0.05) is 17.1 Å². The first-order valence-electron chi connectivity index (χ1n) is 6.86. The average Bonchev–Trinajstić information content (AvgIpc) is 2.68. The molecule has 7 heteroatoms. The number of hydrogen-bond donors (Lipinski definition) is 1. The molecule has 0 aliphatic carbocycles. The van der Waals surface area contributed by atoms with E-state index >= 15 is 0 Å². The summed E-state index contributed by atoms with van der Waals surface area (Å²) in [6.07, 6.45) is 1.33. The van der Waals surface area contributed by atoms with E-state index in [4.69, 9.17) is 4.74 Å². The zero-order chi connectivity index (χ0) is 15.4. The van der Waals surface area contributed by atoms with Gasteiger partial charge in [0.2, 0.25) is 15.9 Å². The van der Waals surface area contributed by atoms with Gasteiger partial charge in [0.25, 0.3) is 0 Å². The van der Waals surface area contributed by atoms with Gasteiger partial charge in [-0.05, 0) is 39.8 Å². The first-order chi connectivity index (χ1) is 9.68. The summed E-state index contributed by atoms with van der Waals surface area (Å²) in [4.78, 5) is 7.45. The molecule has 3 rings (SSSR count). The topological polar surface area (TPSA) is 75.3 Å². The SMILES string of the molecule is CC1CS(=O)(=O)N(C(C)(C)C)c2cc3cc[nH]c3nc2O1. The Hall–Kier alpha value is -1.76. The summed E-state index contributed by atoms with van der Waals surface area (Å²) >= 11 is 0. The Kier molecular flexibility index (Phi) is 2.95. The second-order valence-corrected chi connectivity index (χ2v) is 8.23. The van der Waals surface area contributed by atoms with Crippen LogP contribution in [0.25, 0.3) is 11.0 Å². The molecule has 1 N–H and O–H groups in total. The first-order valence-corrected chi connectivity index (χ1v) is 8.47. The van der Waals surface area contributed by atoms with Crippen LogP contribution in [0.4, 0.5) is 5.69 Å². The molecule has 0 radical (unpaired) electrons. The quantitative estimate of drug-likeness (QED) is 0.810. The molecule has 0 saturated carbocycles. The van der Waals surface area contributed by atoms with Crippen LogP contribution in [-0.2, 0) is 10.0 Å². The lowest BCUT2D eigenvalue weighted by molar-refractivity contribution is 0.239. The van der Waals surface area contributed by atoms with Gasteiger partial charge in [-0.25, -0.2) is 8.42 Å². The Morgan fingerprint density at radius 2 is 2.14 bits per heavy atom. The maximum absolute atomic E-state index is 12.7. The third kappa shape index (κ3) is 2.35. The maximum Gasteiger partial charge on any atom is 0.240 e. The van der Waals surface area contributed by atoms with Crippen molar-refractivity contribution in [3.63, 3.8) is 0 Å². The summed E-state index contributed by atoms with van der Waals surface area (Å²) in [5.74, 6) is 0.294. The molecule has 114 valence electrons. The number of aromatic amines is 1. The molecule has 2 aromatic rings. The van der Waals surface area contributed by atoms with Gasteiger partial charge in [0.05, 0.1) is 0 Å². The monoisotopic (exact) mass is 309 g/mol. The van der Waals surface area contributed by atoms with Gasteiger partial charge >= 0.3 is 0 Å². The lowest BCUT2D eigenvalue weighted by Crippen LogP contribution is -2.47. The number of nitrogens with zero attached hydrogens (tertiary/aromatic N) is 2. The van der Waals surface area contributed by atoms with Crippen molar-refractivity contribution in [1.29, 1.82) is 0 Å². The maximum atomic E-state index is 12.7. The number of nitrogens with one attached hydrogen (secondary N) is 1. The molecule has 0 saturated heterocycles. The van der Waals surface area contributed by atoms with Crippen molar-refractivity contribution in [2.45, 2.75) is 39.3 Å². The van der Waals surface area contributed by atoms with Crippen LogP contribution in [0.5, 0.6) is 5.88 Å². The van der Waals surface area contributed by atoms with Crippen LogP contribution in [0.2, 0.25) is 0 Å². The Labute approximate surface area is 124 Å². The molecule has 1 unspecified atom stereocenters. The number of rotatable bonds is 0. The molecule has 0 bridgehead atoms. The summed E-state index contributed by atoms with van der Waals surface area (Å²) in [6, 6.07) is 3.68. The molecule has 1 atom stereocenters. The fourth-order valence-corrected chi connectivity index (χ4v) is 4.79. The summed E-state index contributed by atoms with van der Waals surface area (Å²) in [7, 11) is -3.47. The molecule has 0 fully saturated rings. The molecule has 21 heavy (non-hydrogen) atoms. The standard InChI is InChI=1S/C14H19N3O3S/c1-9-8-21(18,19)17(14(2,3)4)11-7-10-5-6-15-12(10)16-13(11)20-9/h5-7,9H,8H2,1-4H3,(H,15,16). The largest absolute Gasteiger partial charge is 0.472 e. The Morgan fingerprint density at radius 3 is 2.81 bits per heavy atom. The highest BCUT2D eigenvalue weighted by Crippen LogP contribution is 2.39. The fraction of sp³-hybridized carbons (Fsp3) is 0.500. The lowest BCUT2D eigenvalue weighted by Gasteiger charge is -2.35. The van der Waals surface area contributed by atoms with E-state index in [-0.39, 0.29) is 5.75 Å². The van der Waals surface area contributed by atoms with Crippen LogP contribution >= 0.6 is 0 Å². The number of H-pyrrole nitrogens is 1. The number of ether oxygens (including phenoxy) is 1. The van der Waals surface area contributed by atoms with Crippen LogP contribution in [0.3, 0.4) is 0 Å². The Bertz CT molecular complexity index is 789. The van der Waals surface area contributed by atoms with E-state index < -0.39 is 21.7 Å². The summed E-state index contributed by atoms with van der Waals surface area (Å²) in [5, 5.41) is 0.858. The third-order valence-corrected chi connectivity index (χ3v) is 5.54. The average molecular weight is 309 g/mol. The van der Waals surface area contributed by atoms with Gasteiger partial charge in [-0.15, -0.1) is 0 Å². The van der Waals surface area contributed by atoms with Crippen molar-refractivity contribution in [2.24, 2.45) is 0 Å². The highest BCUT2D eigenvalue weighted by atomic mass is 32.2. The number of fused-ring (bicyclic) bond motifs is 2. The van der Waals surface area contributed by atoms with Crippen molar-refractivity contribution in [3.8, 4) is 5.88 Å². The number of aromatic nitrogens is 2. The zero-order valence-corrected chi connectivity index (χ0v) is 13.4. The van der Waals surface area contributed by atoms with Crippen molar-refractivity contribution >= 4 is 26.7 Å². The number of pyridine rings is 1.